The Kier molecular flexibility index (Phi) is 9.15. The molecule has 2 heterocycles. The second-order valence-corrected chi connectivity index (χ2v) is 10.4. The summed E-state index contributed by atoms with van der Waals surface area (Å²) in [4.78, 5) is 0. The molecule has 0 radical (unpaired) electrons. The van der Waals surface area contributed by atoms with Gasteiger partial charge in [0.2, 0.25) is 0 Å². The third kappa shape index (κ3) is 6.55. The Morgan fingerprint density at radius 3 is 2.11 bits per heavy atom. The maximum Gasteiger partial charge on any atom is 0.184 e. The molecule has 0 unspecified atom stereocenters. The summed E-state index contributed by atoms with van der Waals surface area (Å²) in [7, 11) is 1.67. The molecule has 0 aromatic heterocycles. The topological polar surface area (TPSA) is 55.4 Å². The summed E-state index contributed by atoms with van der Waals surface area (Å²) in [6, 6.07) is 28.1. The molecule has 2 aliphatic rings. The van der Waals surface area contributed by atoms with Gasteiger partial charge >= 0.3 is 0 Å². The third-order valence-electron chi connectivity index (χ3n) is 6.57. The van der Waals surface area contributed by atoms with Crippen LogP contribution in [0.1, 0.15) is 29.9 Å². The van der Waals surface area contributed by atoms with Crippen LogP contribution in [0.5, 0.6) is 5.75 Å². The maximum absolute atomic E-state index is 6.63. The molecule has 0 amide bonds. The molecule has 0 saturated carbocycles. The molecule has 3 aromatic rings. The zero-order valence-electron chi connectivity index (χ0n) is 21.2. The predicted molar refractivity (Wildman–Crippen MR) is 143 cm³/mol. The number of hydrogen-bond donors (Lipinski definition) is 0. The SMILES string of the molecule is CCS[C@@H]1O[C@@H]2CO[C@@H](c3ccccc3)O[C@H]2[C@H](OCc2ccc(OC)cc2)[C@H]1OCc1ccccc1. The van der Waals surface area contributed by atoms with Gasteiger partial charge in [0, 0.05) is 5.56 Å². The van der Waals surface area contributed by atoms with Crippen molar-refractivity contribution in [2.75, 3.05) is 19.5 Å². The number of thioether (sulfide) groups is 1. The van der Waals surface area contributed by atoms with Crippen molar-refractivity contribution in [2.24, 2.45) is 0 Å². The molecule has 6 atom stereocenters. The Labute approximate surface area is 223 Å². The fourth-order valence-electron chi connectivity index (χ4n) is 4.67. The molecule has 2 fully saturated rings. The van der Waals surface area contributed by atoms with E-state index in [1.54, 1.807) is 18.9 Å². The van der Waals surface area contributed by atoms with Crippen LogP contribution in [0.25, 0.3) is 0 Å². The van der Waals surface area contributed by atoms with Gasteiger partial charge in [0.25, 0.3) is 0 Å². The van der Waals surface area contributed by atoms with Crippen molar-refractivity contribution < 1.29 is 28.4 Å². The highest BCUT2D eigenvalue weighted by Gasteiger charge is 2.51. The van der Waals surface area contributed by atoms with Crippen molar-refractivity contribution in [1.29, 1.82) is 0 Å². The van der Waals surface area contributed by atoms with Crippen LogP contribution >= 0.6 is 11.8 Å². The van der Waals surface area contributed by atoms with E-state index in [0.29, 0.717) is 19.8 Å². The van der Waals surface area contributed by atoms with Gasteiger partial charge in [0.1, 0.15) is 35.6 Å². The summed E-state index contributed by atoms with van der Waals surface area (Å²) in [5, 5.41) is 0. The smallest absolute Gasteiger partial charge is 0.184 e. The van der Waals surface area contributed by atoms with E-state index in [-0.39, 0.29) is 29.9 Å². The van der Waals surface area contributed by atoms with Gasteiger partial charge in [-0.15, -0.1) is 11.8 Å². The second kappa shape index (κ2) is 12.9. The Hall–Kier alpha value is -2.39. The molecule has 7 heteroatoms. The molecule has 6 nitrogen and oxygen atoms in total. The molecule has 2 saturated heterocycles. The minimum Gasteiger partial charge on any atom is -0.497 e. The Bertz CT molecular complexity index is 1080. The first-order valence-electron chi connectivity index (χ1n) is 12.7. The molecule has 5 rings (SSSR count). The van der Waals surface area contributed by atoms with Gasteiger partial charge in [-0.05, 0) is 29.0 Å². The minimum atomic E-state index is -0.483. The van der Waals surface area contributed by atoms with Crippen molar-refractivity contribution in [3.05, 3.63) is 102 Å². The molecule has 0 bridgehead atoms. The summed E-state index contributed by atoms with van der Waals surface area (Å²) in [5.41, 5.74) is 2.93. The van der Waals surface area contributed by atoms with Gasteiger partial charge in [0.05, 0.1) is 26.9 Å². The molecular formula is C30H34O6S. The number of methoxy groups -OCH3 is 1. The first-order valence-corrected chi connectivity index (χ1v) is 13.8. The maximum atomic E-state index is 6.63. The van der Waals surface area contributed by atoms with E-state index in [9.17, 15) is 0 Å². The van der Waals surface area contributed by atoms with E-state index in [2.05, 4.69) is 19.1 Å². The monoisotopic (exact) mass is 522 g/mol. The van der Waals surface area contributed by atoms with Gasteiger partial charge in [-0.3, -0.25) is 0 Å². The zero-order chi connectivity index (χ0) is 25.5. The molecule has 0 N–H and O–H groups in total. The summed E-state index contributed by atoms with van der Waals surface area (Å²) >= 11 is 1.72. The second-order valence-electron chi connectivity index (χ2n) is 9.06. The fourth-order valence-corrected chi connectivity index (χ4v) is 5.64. The first-order chi connectivity index (χ1) is 18.2. The van der Waals surface area contributed by atoms with Gasteiger partial charge in [-0.1, -0.05) is 79.7 Å². The number of fused-ring (bicyclic) bond motifs is 1. The molecule has 37 heavy (non-hydrogen) atoms. The van der Waals surface area contributed by atoms with Crippen molar-refractivity contribution in [2.45, 2.75) is 56.3 Å². The number of benzene rings is 3. The van der Waals surface area contributed by atoms with Crippen LogP contribution in [-0.4, -0.2) is 49.3 Å². The van der Waals surface area contributed by atoms with Crippen LogP contribution in [0.4, 0.5) is 0 Å². The highest BCUT2D eigenvalue weighted by atomic mass is 32.2. The number of ether oxygens (including phenoxy) is 6. The van der Waals surface area contributed by atoms with Crippen LogP contribution in [0.3, 0.4) is 0 Å². The first kappa shape index (κ1) is 26.2. The van der Waals surface area contributed by atoms with Crippen LogP contribution in [0.15, 0.2) is 84.9 Å². The molecular weight excluding hydrogens is 488 g/mol. The molecule has 2 aliphatic heterocycles. The normalized spacial score (nSPS) is 27.4. The van der Waals surface area contributed by atoms with Gasteiger partial charge in [0.15, 0.2) is 6.29 Å². The third-order valence-corrected chi connectivity index (χ3v) is 7.61. The summed E-state index contributed by atoms with van der Waals surface area (Å²) < 4.78 is 37.6. The highest BCUT2D eigenvalue weighted by molar-refractivity contribution is 7.99. The molecule has 0 aliphatic carbocycles. The minimum absolute atomic E-state index is 0.198. The fraction of sp³-hybridized carbons (Fsp3) is 0.400. The van der Waals surface area contributed by atoms with Crippen molar-refractivity contribution in [1.82, 2.24) is 0 Å². The largest absolute Gasteiger partial charge is 0.497 e. The van der Waals surface area contributed by atoms with E-state index < -0.39 is 6.29 Å². The standard InChI is InChI=1S/C30H34O6S/c1-3-37-30-28(33-18-21-10-6-4-7-11-21)27(32-19-22-14-16-24(31-2)17-15-22)26-25(35-30)20-34-29(36-26)23-12-8-5-9-13-23/h4-17,25-30H,3,18-20H2,1-2H3/t25-,26-,27+,28-,29-,30+/m1/s1. The van der Waals surface area contributed by atoms with Crippen LogP contribution in [0, 0.1) is 0 Å². The lowest BCUT2D eigenvalue weighted by Gasteiger charge is -2.49. The van der Waals surface area contributed by atoms with E-state index in [1.807, 2.05) is 72.8 Å². The van der Waals surface area contributed by atoms with Gasteiger partial charge < -0.3 is 28.4 Å². The van der Waals surface area contributed by atoms with E-state index in [1.165, 1.54) is 0 Å². The number of rotatable bonds is 10. The lowest BCUT2D eigenvalue weighted by atomic mass is 9.98. The van der Waals surface area contributed by atoms with E-state index in [0.717, 1.165) is 28.2 Å². The van der Waals surface area contributed by atoms with Crippen molar-refractivity contribution >= 4 is 11.8 Å². The number of hydrogen-bond acceptors (Lipinski definition) is 7. The van der Waals surface area contributed by atoms with Crippen molar-refractivity contribution in [3.63, 3.8) is 0 Å². The average molecular weight is 523 g/mol. The Morgan fingerprint density at radius 2 is 1.43 bits per heavy atom. The highest BCUT2D eigenvalue weighted by Crippen LogP contribution is 2.39. The van der Waals surface area contributed by atoms with E-state index >= 15 is 0 Å². The van der Waals surface area contributed by atoms with Crippen LogP contribution in [0.2, 0.25) is 0 Å². The summed E-state index contributed by atoms with van der Waals surface area (Å²) in [6.07, 6.45) is -1.74. The Morgan fingerprint density at radius 1 is 0.784 bits per heavy atom. The zero-order valence-corrected chi connectivity index (χ0v) is 22.0. The van der Waals surface area contributed by atoms with Crippen molar-refractivity contribution in [3.8, 4) is 5.75 Å². The Balaban J connectivity index is 1.39. The summed E-state index contributed by atoms with van der Waals surface area (Å²) in [5.74, 6) is 1.71. The summed E-state index contributed by atoms with van der Waals surface area (Å²) in [6.45, 7) is 3.44. The lowest BCUT2D eigenvalue weighted by molar-refractivity contribution is -0.329. The molecule has 196 valence electrons. The van der Waals surface area contributed by atoms with E-state index in [4.69, 9.17) is 28.4 Å². The van der Waals surface area contributed by atoms with Gasteiger partial charge in [-0.25, -0.2) is 0 Å². The average Bonchev–Trinajstić information content (AvgIpc) is 2.96. The molecule has 0 spiro atoms. The molecule has 3 aromatic carbocycles. The predicted octanol–water partition coefficient (Wildman–Crippen LogP) is 5.76. The quantitative estimate of drug-likeness (QED) is 0.336. The van der Waals surface area contributed by atoms with Crippen LogP contribution < -0.4 is 4.74 Å². The van der Waals surface area contributed by atoms with Crippen LogP contribution in [-0.2, 0) is 36.9 Å². The van der Waals surface area contributed by atoms with Gasteiger partial charge in [-0.2, -0.15) is 0 Å². The lowest BCUT2D eigenvalue weighted by Crippen LogP contribution is -2.62.